The van der Waals surface area contributed by atoms with Crippen LogP contribution in [0.3, 0.4) is 0 Å². The molecule has 0 aromatic rings. The number of carbonyl (C=O) groups excluding carboxylic acids is 3. The minimum atomic E-state index is -0.717. The number of rotatable bonds is 4. The summed E-state index contributed by atoms with van der Waals surface area (Å²) in [6, 6.07) is 0. The van der Waals surface area contributed by atoms with E-state index < -0.39 is 47.7 Å². The lowest BCUT2D eigenvalue weighted by Crippen LogP contribution is -2.39. The van der Waals surface area contributed by atoms with Gasteiger partial charge in [-0.15, -0.1) is 0 Å². The first-order chi connectivity index (χ1) is 14.1. The van der Waals surface area contributed by atoms with E-state index in [1.54, 1.807) is 13.0 Å². The quantitative estimate of drug-likeness (QED) is 0.239. The Morgan fingerprint density at radius 3 is 2.70 bits per heavy atom. The van der Waals surface area contributed by atoms with E-state index in [0.29, 0.717) is 13.0 Å². The normalized spacial score (nSPS) is 39.6. The first kappa shape index (κ1) is 20.8. The molecule has 8 heteroatoms. The zero-order valence-corrected chi connectivity index (χ0v) is 17.3. The maximum atomic E-state index is 12.7. The van der Waals surface area contributed by atoms with Gasteiger partial charge in [0.2, 0.25) is 0 Å². The summed E-state index contributed by atoms with van der Waals surface area (Å²) in [5.74, 6) is -2.54. The molecule has 2 aliphatic heterocycles. The van der Waals surface area contributed by atoms with Gasteiger partial charge < -0.3 is 24.1 Å². The highest BCUT2D eigenvalue weighted by molar-refractivity contribution is 5.92. The molecule has 30 heavy (non-hydrogen) atoms. The molecule has 4 rings (SSSR count). The van der Waals surface area contributed by atoms with Crippen molar-refractivity contribution in [3.05, 3.63) is 35.5 Å². The summed E-state index contributed by atoms with van der Waals surface area (Å²) in [5.41, 5.74) is 0.861. The molecular formula is C22H26O8. The van der Waals surface area contributed by atoms with Gasteiger partial charge in [0.15, 0.2) is 0 Å². The average Bonchev–Trinajstić information content (AvgIpc) is 3.30. The van der Waals surface area contributed by atoms with E-state index in [2.05, 4.69) is 6.58 Å². The van der Waals surface area contributed by atoms with Crippen molar-refractivity contribution in [3.8, 4) is 0 Å². The Kier molecular flexibility index (Phi) is 5.10. The van der Waals surface area contributed by atoms with Gasteiger partial charge in [-0.05, 0) is 19.9 Å². The van der Waals surface area contributed by atoms with E-state index in [1.165, 1.54) is 13.0 Å². The predicted molar refractivity (Wildman–Crippen MR) is 103 cm³/mol. The van der Waals surface area contributed by atoms with Gasteiger partial charge in [0.1, 0.15) is 24.4 Å². The van der Waals surface area contributed by atoms with Gasteiger partial charge in [-0.1, -0.05) is 18.2 Å². The summed E-state index contributed by atoms with van der Waals surface area (Å²) in [7, 11) is 0. The molecule has 0 aromatic carbocycles. The van der Waals surface area contributed by atoms with E-state index >= 15 is 0 Å². The SMILES string of the molecule is C=C1C(=O)OC2C1C(OC(=O)/C(C)=C/COC(C)=O)CC1(CO1)C1C(O)C=C(C)C21. The van der Waals surface area contributed by atoms with Gasteiger partial charge in [0, 0.05) is 36.3 Å². The molecule has 0 amide bonds. The largest absolute Gasteiger partial charge is 0.462 e. The second-order valence-corrected chi connectivity index (χ2v) is 8.56. The van der Waals surface area contributed by atoms with Crippen molar-refractivity contribution in [1.29, 1.82) is 0 Å². The van der Waals surface area contributed by atoms with Crippen molar-refractivity contribution in [2.45, 2.75) is 51.1 Å². The van der Waals surface area contributed by atoms with Crippen LogP contribution in [0.5, 0.6) is 0 Å². The molecule has 2 saturated heterocycles. The van der Waals surface area contributed by atoms with Gasteiger partial charge in [-0.25, -0.2) is 9.59 Å². The summed E-state index contributed by atoms with van der Waals surface area (Å²) in [6.07, 6.45) is 1.62. The fraction of sp³-hybridized carbons (Fsp3) is 0.591. The number of hydrogen-bond acceptors (Lipinski definition) is 8. The van der Waals surface area contributed by atoms with Crippen LogP contribution in [0.25, 0.3) is 0 Å². The topological polar surface area (TPSA) is 112 Å². The van der Waals surface area contributed by atoms with Crippen LogP contribution >= 0.6 is 0 Å². The van der Waals surface area contributed by atoms with E-state index in [1.807, 2.05) is 6.92 Å². The molecule has 2 heterocycles. The molecule has 2 aliphatic carbocycles. The third kappa shape index (κ3) is 3.37. The minimum absolute atomic E-state index is 0.0331. The van der Waals surface area contributed by atoms with E-state index in [0.717, 1.165) is 5.57 Å². The first-order valence-electron chi connectivity index (χ1n) is 10.1. The Morgan fingerprint density at radius 1 is 1.37 bits per heavy atom. The number of ether oxygens (including phenoxy) is 4. The van der Waals surface area contributed by atoms with Crippen LogP contribution in [0.2, 0.25) is 0 Å². The van der Waals surface area contributed by atoms with Gasteiger partial charge in [0.05, 0.1) is 18.6 Å². The highest BCUT2D eigenvalue weighted by atomic mass is 16.6. The Hall–Kier alpha value is -2.45. The molecule has 1 saturated carbocycles. The molecule has 7 unspecified atom stereocenters. The summed E-state index contributed by atoms with van der Waals surface area (Å²) >= 11 is 0. The molecular weight excluding hydrogens is 392 g/mol. The number of aliphatic hydroxyl groups is 1. The maximum Gasteiger partial charge on any atom is 0.334 e. The lowest BCUT2D eigenvalue weighted by Gasteiger charge is -2.30. The molecule has 4 aliphatic rings. The second-order valence-electron chi connectivity index (χ2n) is 8.56. The maximum absolute atomic E-state index is 12.7. The summed E-state index contributed by atoms with van der Waals surface area (Å²) in [4.78, 5) is 35.9. The molecule has 1 spiro atoms. The van der Waals surface area contributed by atoms with Crippen molar-refractivity contribution in [2.75, 3.05) is 13.2 Å². The fourth-order valence-electron chi connectivity index (χ4n) is 5.14. The number of esters is 3. The Balaban J connectivity index is 1.61. The zero-order chi connectivity index (χ0) is 21.8. The number of carbonyl (C=O) groups is 3. The second kappa shape index (κ2) is 7.35. The molecule has 3 fully saturated rings. The monoisotopic (exact) mass is 418 g/mol. The summed E-state index contributed by atoms with van der Waals surface area (Å²) < 4.78 is 22.1. The minimum Gasteiger partial charge on any atom is -0.462 e. The van der Waals surface area contributed by atoms with Gasteiger partial charge in [0.25, 0.3) is 0 Å². The number of aliphatic hydroxyl groups excluding tert-OH is 1. The van der Waals surface area contributed by atoms with Crippen molar-refractivity contribution in [3.63, 3.8) is 0 Å². The van der Waals surface area contributed by atoms with Gasteiger partial charge >= 0.3 is 17.9 Å². The molecule has 0 radical (unpaired) electrons. The highest BCUT2D eigenvalue weighted by Gasteiger charge is 2.67. The van der Waals surface area contributed by atoms with Gasteiger partial charge in [-0.3, -0.25) is 4.79 Å². The third-order valence-corrected chi connectivity index (χ3v) is 6.66. The molecule has 162 valence electrons. The number of epoxide rings is 1. The summed E-state index contributed by atoms with van der Waals surface area (Å²) in [5, 5.41) is 10.7. The van der Waals surface area contributed by atoms with Crippen LogP contribution in [-0.2, 0) is 33.3 Å². The van der Waals surface area contributed by atoms with Crippen molar-refractivity contribution in [2.24, 2.45) is 17.8 Å². The van der Waals surface area contributed by atoms with Crippen molar-refractivity contribution >= 4 is 17.9 Å². The van der Waals surface area contributed by atoms with Gasteiger partial charge in [-0.2, -0.15) is 0 Å². The van der Waals surface area contributed by atoms with Crippen LogP contribution in [0.1, 0.15) is 27.2 Å². The van der Waals surface area contributed by atoms with Crippen molar-refractivity contribution in [1.82, 2.24) is 0 Å². The van der Waals surface area contributed by atoms with E-state index in [-0.39, 0.29) is 29.6 Å². The third-order valence-electron chi connectivity index (χ3n) is 6.66. The number of hydrogen-bond donors (Lipinski definition) is 1. The fourth-order valence-corrected chi connectivity index (χ4v) is 5.14. The standard InChI is InChI=1S/C22H26O8/c1-10(5-6-27-13(4)23)20(25)29-15-8-22(9-28-22)18-14(24)7-11(2)16(18)19-17(15)12(3)21(26)30-19/h5,7,14-19,24H,3,6,8-9H2,1-2,4H3/b10-5+. The molecule has 7 atom stereocenters. The van der Waals surface area contributed by atoms with Crippen LogP contribution in [-0.4, -0.2) is 60.1 Å². The Labute approximate surface area is 174 Å². The van der Waals surface area contributed by atoms with Crippen LogP contribution in [0.4, 0.5) is 0 Å². The molecule has 1 N–H and O–H groups in total. The highest BCUT2D eigenvalue weighted by Crippen LogP contribution is 2.58. The zero-order valence-electron chi connectivity index (χ0n) is 17.3. The summed E-state index contributed by atoms with van der Waals surface area (Å²) in [6.45, 7) is 9.07. The van der Waals surface area contributed by atoms with Crippen LogP contribution < -0.4 is 0 Å². The first-order valence-corrected chi connectivity index (χ1v) is 10.1. The Bertz CT molecular complexity index is 864. The molecule has 0 bridgehead atoms. The lowest BCUT2D eigenvalue weighted by molar-refractivity contribution is -0.149. The van der Waals surface area contributed by atoms with E-state index in [4.69, 9.17) is 18.9 Å². The Morgan fingerprint density at radius 2 is 2.07 bits per heavy atom. The average molecular weight is 418 g/mol. The van der Waals surface area contributed by atoms with Crippen LogP contribution in [0.15, 0.2) is 35.5 Å². The van der Waals surface area contributed by atoms with Crippen molar-refractivity contribution < 1.29 is 38.4 Å². The van der Waals surface area contributed by atoms with E-state index in [9.17, 15) is 19.5 Å². The smallest absolute Gasteiger partial charge is 0.334 e. The molecule has 8 nitrogen and oxygen atoms in total. The molecule has 0 aromatic heterocycles. The lowest BCUT2D eigenvalue weighted by atomic mass is 9.77. The van der Waals surface area contributed by atoms with Crippen LogP contribution in [0, 0.1) is 17.8 Å². The predicted octanol–water partition coefficient (Wildman–Crippen LogP) is 1.23. The number of fused-ring (bicyclic) bond motifs is 4.